The molecule has 0 bridgehead atoms. The summed E-state index contributed by atoms with van der Waals surface area (Å²) >= 11 is 0. The molecule has 2 heterocycles. The van der Waals surface area contributed by atoms with Crippen LogP contribution in [-0.4, -0.2) is 41.1 Å². The molecule has 0 saturated heterocycles. The second kappa shape index (κ2) is 11.2. The maximum absolute atomic E-state index is 5.73. The molecule has 1 aliphatic rings. The molecule has 3 aromatic carbocycles. The van der Waals surface area contributed by atoms with E-state index in [1.165, 1.54) is 11.1 Å². The summed E-state index contributed by atoms with van der Waals surface area (Å²) in [6.07, 6.45) is 4.05. The van der Waals surface area contributed by atoms with Crippen LogP contribution in [0.1, 0.15) is 28.7 Å². The molecular weight excluding hydrogens is 444 g/mol. The molecule has 4 aromatic rings. The molecule has 5 rings (SSSR count). The van der Waals surface area contributed by atoms with E-state index in [9.17, 15) is 0 Å². The molecule has 180 valence electrons. The smallest absolute Gasteiger partial charge is 0.130 e. The number of benzene rings is 3. The molecule has 0 fully saturated rings. The van der Waals surface area contributed by atoms with Gasteiger partial charge in [0, 0.05) is 17.5 Å². The number of rotatable bonds is 8. The van der Waals surface area contributed by atoms with Gasteiger partial charge in [0.25, 0.3) is 0 Å². The van der Waals surface area contributed by atoms with Crippen LogP contribution in [0.15, 0.2) is 95.2 Å². The van der Waals surface area contributed by atoms with Gasteiger partial charge in [-0.05, 0) is 66.4 Å². The van der Waals surface area contributed by atoms with Gasteiger partial charge < -0.3 is 11.5 Å². The van der Waals surface area contributed by atoms with Gasteiger partial charge in [-0.25, -0.2) is 9.97 Å². The highest BCUT2D eigenvalue weighted by Crippen LogP contribution is 2.25. The van der Waals surface area contributed by atoms with Gasteiger partial charge in [0.05, 0.1) is 22.8 Å². The number of nitrogens with zero attached hydrogens (tertiary/aromatic N) is 4. The Balaban J connectivity index is 1.33. The molecule has 6 heteroatoms. The Morgan fingerprint density at radius 3 is 1.81 bits per heavy atom. The van der Waals surface area contributed by atoms with E-state index in [1.807, 2.05) is 12.1 Å². The summed E-state index contributed by atoms with van der Waals surface area (Å²) in [6.45, 7) is 1.72. The molecular formula is C30H30N6. The zero-order valence-electron chi connectivity index (χ0n) is 20.3. The summed E-state index contributed by atoms with van der Waals surface area (Å²) < 4.78 is 0. The third-order valence-electron chi connectivity index (χ3n) is 6.39. The number of hydrogen-bond donors (Lipinski definition) is 2. The summed E-state index contributed by atoms with van der Waals surface area (Å²) in [5.74, 6) is 0. The molecule has 0 atom stereocenters. The van der Waals surface area contributed by atoms with Crippen molar-refractivity contribution in [3.8, 4) is 22.5 Å². The molecule has 1 aliphatic heterocycles. The summed E-state index contributed by atoms with van der Waals surface area (Å²) in [5, 5.41) is 0. The van der Waals surface area contributed by atoms with E-state index >= 15 is 0 Å². The van der Waals surface area contributed by atoms with E-state index in [1.54, 1.807) is 6.33 Å². The maximum Gasteiger partial charge on any atom is 0.130 e. The van der Waals surface area contributed by atoms with E-state index in [2.05, 4.69) is 86.7 Å². The molecule has 6 nitrogen and oxygen atoms in total. The minimum Gasteiger partial charge on any atom is -0.330 e. The van der Waals surface area contributed by atoms with Crippen molar-refractivity contribution in [2.24, 2.45) is 21.5 Å². The summed E-state index contributed by atoms with van der Waals surface area (Å²) in [4.78, 5) is 18.4. The Morgan fingerprint density at radius 2 is 1.14 bits per heavy atom. The fraction of sp³-hybridized carbons (Fsp3) is 0.200. The lowest BCUT2D eigenvalue weighted by Crippen LogP contribution is -2.16. The van der Waals surface area contributed by atoms with Crippen molar-refractivity contribution in [1.29, 1.82) is 0 Å². The summed E-state index contributed by atoms with van der Waals surface area (Å²) in [5.41, 5.74) is 22.2. The van der Waals surface area contributed by atoms with Gasteiger partial charge >= 0.3 is 0 Å². The maximum atomic E-state index is 5.73. The fourth-order valence-corrected chi connectivity index (χ4v) is 4.50. The first-order chi connectivity index (χ1) is 17.7. The number of aliphatic imine (C=N–C) groups is 2. The van der Waals surface area contributed by atoms with Gasteiger partial charge in [-0.1, -0.05) is 60.7 Å². The zero-order chi connectivity index (χ0) is 24.7. The Labute approximate surface area is 211 Å². The minimum atomic E-state index is 0.450. The molecule has 0 spiro atoms. The van der Waals surface area contributed by atoms with Crippen LogP contribution in [0.3, 0.4) is 0 Å². The fourth-order valence-electron chi connectivity index (χ4n) is 4.50. The van der Waals surface area contributed by atoms with Crippen molar-refractivity contribution >= 4 is 11.4 Å². The van der Waals surface area contributed by atoms with Crippen molar-refractivity contribution in [1.82, 2.24) is 9.97 Å². The van der Waals surface area contributed by atoms with Crippen molar-refractivity contribution < 1.29 is 0 Å². The van der Waals surface area contributed by atoms with E-state index in [0.717, 1.165) is 57.9 Å². The highest BCUT2D eigenvalue weighted by atomic mass is 15.0. The van der Waals surface area contributed by atoms with Gasteiger partial charge in [-0.2, -0.15) is 0 Å². The summed E-state index contributed by atoms with van der Waals surface area (Å²) in [6, 6.07) is 27.3. The van der Waals surface area contributed by atoms with E-state index in [-0.39, 0.29) is 0 Å². The molecule has 4 N–H and O–H groups in total. The topological polar surface area (TPSA) is 103 Å². The number of hydrogen-bond acceptors (Lipinski definition) is 6. The predicted octanol–water partition coefficient (Wildman–Crippen LogP) is 4.45. The van der Waals surface area contributed by atoms with Gasteiger partial charge in [-0.3, -0.25) is 9.98 Å². The largest absolute Gasteiger partial charge is 0.330 e. The first-order valence-corrected chi connectivity index (χ1v) is 12.3. The highest BCUT2D eigenvalue weighted by Gasteiger charge is 2.15. The third kappa shape index (κ3) is 5.46. The predicted molar refractivity (Wildman–Crippen MR) is 147 cm³/mol. The first kappa shape index (κ1) is 23.7. The minimum absolute atomic E-state index is 0.450. The lowest BCUT2D eigenvalue weighted by atomic mass is 9.96. The Bertz CT molecular complexity index is 1410. The molecule has 0 saturated carbocycles. The average molecular weight is 475 g/mol. The normalized spacial score (nSPS) is 13.3. The van der Waals surface area contributed by atoms with Gasteiger partial charge in [-0.15, -0.1) is 0 Å². The Kier molecular flexibility index (Phi) is 7.36. The van der Waals surface area contributed by atoms with Crippen LogP contribution >= 0.6 is 0 Å². The average Bonchev–Trinajstić information content (AvgIpc) is 2.94. The van der Waals surface area contributed by atoms with Gasteiger partial charge in [0.2, 0.25) is 0 Å². The Hall–Kier alpha value is -4.00. The lowest BCUT2D eigenvalue weighted by molar-refractivity contribution is 0.967. The van der Waals surface area contributed by atoms with E-state index in [4.69, 9.17) is 11.5 Å². The van der Waals surface area contributed by atoms with Crippen LogP contribution in [0.25, 0.3) is 22.5 Å². The Morgan fingerprint density at radius 1 is 0.583 bits per heavy atom. The molecule has 0 aliphatic carbocycles. The molecule has 0 radical (unpaired) electrons. The van der Waals surface area contributed by atoms with Crippen LogP contribution in [0.5, 0.6) is 0 Å². The van der Waals surface area contributed by atoms with Crippen LogP contribution in [-0.2, 0) is 12.8 Å². The standard InChI is InChI=1S/C30H30N6/c31-13-11-21-3-1-5-25(15-21)29-17-27(33-19-35-29)23-7-9-24(10-8-23)28-18-30(36-20-34-28)26-6-2-4-22(16-26)12-14-32/h1-10,15-17,19H,11-14,18,20,31-32H2. The van der Waals surface area contributed by atoms with Gasteiger partial charge in [0.15, 0.2) is 0 Å². The molecule has 0 unspecified atom stereocenters. The molecule has 0 amide bonds. The third-order valence-corrected chi connectivity index (χ3v) is 6.39. The monoisotopic (exact) mass is 474 g/mol. The second-order valence-electron chi connectivity index (χ2n) is 8.87. The number of nitrogens with two attached hydrogens (primary N) is 2. The van der Waals surface area contributed by atoms with Crippen LogP contribution in [0.4, 0.5) is 0 Å². The lowest BCUT2D eigenvalue weighted by Gasteiger charge is -2.15. The van der Waals surface area contributed by atoms with Crippen molar-refractivity contribution in [3.63, 3.8) is 0 Å². The van der Waals surface area contributed by atoms with Crippen molar-refractivity contribution in [2.45, 2.75) is 19.3 Å². The van der Waals surface area contributed by atoms with Gasteiger partial charge in [0.1, 0.15) is 13.0 Å². The number of aromatic nitrogens is 2. The van der Waals surface area contributed by atoms with E-state index in [0.29, 0.717) is 26.2 Å². The van der Waals surface area contributed by atoms with Crippen molar-refractivity contribution in [3.05, 3.63) is 107 Å². The first-order valence-electron chi connectivity index (χ1n) is 12.3. The molecule has 1 aromatic heterocycles. The quantitative estimate of drug-likeness (QED) is 0.394. The van der Waals surface area contributed by atoms with E-state index < -0.39 is 0 Å². The van der Waals surface area contributed by atoms with Crippen LogP contribution < -0.4 is 11.5 Å². The van der Waals surface area contributed by atoms with Crippen LogP contribution in [0, 0.1) is 0 Å². The zero-order valence-corrected chi connectivity index (χ0v) is 20.3. The highest BCUT2D eigenvalue weighted by molar-refractivity contribution is 6.18. The van der Waals surface area contributed by atoms with Crippen LogP contribution in [0.2, 0.25) is 0 Å². The second-order valence-corrected chi connectivity index (χ2v) is 8.87. The van der Waals surface area contributed by atoms with Crippen molar-refractivity contribution in [2.75, 3.05) is 19.8 Å². The SMILES string of the molecule is NCCc1cccc(C2=NCN=C(c3ccc(-c4cc(-c5cccc(CCN)c5)ncn4)cc3)C2)c1. The molecule has 36 heavy (non-hydrogen) atoms. The summed E-state index contributed by atoms with van der Waals surface area (Å²) in [7, 11) is 0.